The second-order valence-electron chi connectivity index (χ2n) is 3.25. The van der Waals surface area contributed by atoms with Crippen LogP contribution in [0.25, 0.3) is 0 Å². The van der Waals surface area contributed by atoms with Gasteiger partial charge in [0.1, 0.15) is 5.75 Å². The molecule has 1 amide bonds. The summed E-state index contributed by atoms with van der Waals surface area (Å²) in [6.45, 7) is 0. The van der Waals surface area contributed by atoms with Crippen LogP contribution in [0, 0.1) is 0 Å². The van der Waals surface area contributed by atoms with Crippen LogP contribution in [-0.2, 0) is 0 Å². The Bertz CT molecular complexity index is 546. The summed E-state index contributed by atoms with van der Waals surface area (Å²) < 4.78 is 0. The Balaban J connectivity index is 2.16. The van der Waals surface area contributed by atoms with Gasteiger partial charge < -0.3 is 10.4 Å². The van der Waals surface area contributed by atoms with Gasteiger partial charge in [-0.1, -0.05) is 11.6 Å². The summed E-state index contributed by atoms with van der Waals surface area (Å²) in [6, 6.07) is 6.00. The van der Waals surface area contributed by atoms with E-state index in [2.05, 4.69) is 15.5 Å². The van der Waals surface area contributed by atoms with Gasteiger partial charge in [0.2, 0.25) is 0 Å². The molecule has 2 aromatic rings. The highest BCUT2D eigenvalue weighted by Gasteiger charge is 2.07. The van der Waals surface area contributed by atoms with Gasteiger partial charge in [-0.05, 0) is 18.2 Å². The first kappa shape index (κ1) is 11.3. The van der Waals surface area contributed by atoms with E-state index in [4.69, 9.17) is 11.6 Å². The van der Waals surface area contributed by atoms with Crippen molar-refractivity contribution in [3.05, 3.63) is 47.2 Å². The van der Waals surface area contributed by atoms with Gasteiger partial charge >= 0.3 is 0 Å². The second kappa shape index (κ2) is 4.80. The van der Waals surface area contributed by atoms with Crippen molar-refractivity contribution >= 4 is 23.2 Å². The molecule has 0 bridgehead atoms. The van der Waals surface area contributed by atoms with Gasteiger partial charge in [0, 0.05) is 11.8 Å². The third-order valence-corrected chi connectivity index (χ3v) is 2.37. The monoisotopic (exact) mass is 249 g/mol. The number of phenolic OH excluding ortho intramolecular Hbond substituents is 1. The number of hydrogen-bond donors (Lipinski definition) is 2. The number of phenols is 1. The molecule has 86 valence electrons. The maximum atomic E-state index is 11.7. The van der Waals surface area contributed by atoms with Gasteiger partial charge in [-0.25, -0.2) is 0 Å². The zero-order chi connectivity index (χ0) is 12.3. The highest BCUT2D eigenvalue weighted by Crippen LogP contribution is 2.26. The number of benzene rings is 1. The minimum Gasteiger partial charge on any atom is -0.506 e. The summed E-state index contributed by atoms with van der Waals surface area (Å²) in [5.41, 5.74) is 0.836. The lowest BCUT2D eigenvalue weighted by molar-refractivity contribution is 0.102. The van der Waals surface area contributed by atoms with Gasteiger partial charge in [-0.3, -0.25) is 4.79 Å². The number of amides is 1. The minimum atomic E-state index is -0.332. The maximum absolute atomic E-state index is 11.7. The van der Waals surface area contributed by atoms with E-state index in [0.29, 0.717) is 11.3 Å². The van der Waals surface area contributed by atoms with Crippen LogP contribution in [0.2, 0.25) is 5.02 Å². The van der Waals surface area contributed by atoms with Crippen molar-refractivity contribution in [1.82, 2.24) is 10.2 Å². The van der Waals surface area contributed by atoms with Crippen molar-refractivity contribution < 1.29 is 9.90 Å². The van der Waals surface area contributed by atoms with Crippen LogP contribution in [-0.4, -0.2) is 21.2 Å². The molecule has 0 atom stereocenters. The van der Waals surface area contributed by atoms with Crippen LogP contribution in [0.15, 0.2) is 36.7 Å². The van der Waals surface area contributed by atoms with E-state index < -0.39 is 0 Å². The Morgan fingerprint density at radius 1 is 1.29 bits per heavy atom. The van der Waals surface area contributed by atoms with E-state index in [1.54, 1.807) is 6.07 Å². The third kappa shape index (κ3) is 2.70. The Kier molecular flexibility index (Phi) is 3.20. The smallest absolute Gasteiger partial charge is 0.257 e. The molecule has 5 nitrogen and oxygen atoms in total. The molecule has 0 aliphatic heterocycles. The van der Waals surface area contributed by atoms with Crippen molar-refractivity contribution in [1.29, 1.82) is 0 Å². The fraction of sp³-hybridized carbons (Fsp3) is 0. The van der Waals surface area contributed by atoms with Crippen LogP contribution >= 0.6 is 11.6 Å². The van der Waals surface area contributed by atoms with E-state index in [1.807, 2.05) is 0 Å². The molecule has 2 N–H and O–H groups in total. The normalized spacial score (nSPS) is 9.94. The van der Waals surface area contributed by atoms with Crippen molar-refractivity contribution in [3.63, 3.8) is 0 Å². The largest absolute Gasteiger partial charge is 0.506 e. The molecule has 0 fully saturated rings. The molecule has 1 aromatic heterocycles. The molecule has 0 spiro atoms. The summed E-state index contributed by atoms with van der Waals surface area (Å²) in [6.07, 6.45) is 2.78. The summed E-state index contributed by atoms with van der Waals surface area (Å²) >= 11 is 5.65. The molecule has 1 heterocycles. The number of carbonyl (C=O) groups is 1. The molecule has 1 aromatic carbocycles. The van der Waals surface area contributed by atoms with E-state index in [9.17, 15) is 9.90 Å². The Morgan fingerprint density at radius 2 is 2.12 bits per heavy atom. The molecule has 0 aliphatic rings. The van der Waals surface area contributed by atoms with Crippen molar-refractivity contribution in [2.24, 2.45) is 0 Å². The van der Waals surface area contributed by atoms with Gasteiger partial charge in [0.05, 0.1) is 23.0 Å². The van der Waals surface area contributed by atoms with E-state index in [-0.39, 0.29) is 16.7 Å². The summed E-state index contributed by atoms with van der Waals surface area (Å²) in [7, 11) is 0. The van der Waals surface area contributed by atoms with E-state index >= 15 is 0 Å². The van der Waals surface area contributed by atoms with Crippen molar-refractivity contribution in [2.75, 3.05) is 5.32 Å². The summed E-state index contributed by atoms with van der Waals surface area (Å²) in [4.78, 5) is 11.7. The Labute approximate surface area is 102 Å². The minimum absolute atomic E-state index is 0.0858. The van der Waals surface area contributed by atoms with E-state index in [1.165, 1.54) is 30.6 Å². The molecule has 0 saturated heterocycles. The van der Waals surface area contributed by atoms with Gasteiger partial charge in [0.15, 0.2) is 0 Å². The number of anilines is 1. The highest BCUT2D eigenvalue weighted by atomic mass is 35.5. The SMILES string of the molecule is O=C(Nc1ccc(Cl)c(O)c1)c1ccnnc1. The number of rotatable bonds is 2. The van der Waals surface area contributed by atoms with Crippen LogP contribution in [0.3, 0.4) is 0 Å². The lowest BCUT2D eigenvalue weighted by Crippen LogP contribution is -2.12. The molecule has 17 heavy (non-hydrogen) atoms. The standard InChI is InChI=1S/C11H8ClN3O2/c12-9-2-1-8(5-10(9)16)15-11(17)7-3-4-13-14-6-7/h1-6,16H,(H,15,17). The lowest BCUT2D eigenvalue weighted by Gasteiger charge is -2.05. The van der Waals surface area contributed by atoms with Crippen LogP contribution < -0.4 is 5.32 Å². The molecule has 0 unspecified atom stereocenters. The molecule has 0 saturated carbocycles. The summed E-state index contributed by atoms with van der Waals surface area (Å²) in [5.74, 6) is -0.418. The molecule has 0 aliphatic carbocycles. The van der Waals surface area contributed by atoms with E-state index in [0.717, 1.165) is 0 Å². The van der Waals surface area contributed by atoms with Crippen molar-refractivity contribution in [2.45, 2.75) is 0 Å². The van der Waals surface area contributed by atoms with Crippen LogP contribution in [0.5, 0.6) is 5.75 Å². The zero-order valence-corrected chi connectivity index (χ0v) is 9.35. The first-order valence-electron chi connectivity index (χ1n) is 4.73. The predicted molar refractivity (Wildman–Crippen MR) is 63.1 cm³/mol. The summed E-state index contributed by atoms with van der Waals surface area (Å²) in [5, 5.41) is 19.4. The van der Waals surface area contributed by atoms with Crippen molar-refractivity contribution in [3.8, 4) is 5.75 Å². The fourth-order valence-corrected chi connectivity index (χ4v) is 1.34. The van der Waals surface area contributed by atoms with Gasteiger partial charge in [-0.15, -0.1) is 0 Å². The average Bonchev–Trinajstić information content (AvgIpc) is 2.35. The number of nitrogens with zero attached hydrogens (tertiary/aromatic N) is 2. The highest BCUT2D eigenvalue weighted by molar-refractivity contribution is 6.32. The Morgan fingerprint density at radius 3 is 2.76 bits per heavy atom. The third-order valence-electron chi connectivity index (χ3n) is 2.05. The first-order chi connectivity index (χ1) is 8.16. The van der Waals surface area contributed by atoms with Crippen LogP contribution in [0.1, 0.15) is 10.4 Å². The molecular formula is C11H8ClN3O2. The van der Waals surface area contributed by atoms with Gasteiger partial charge in [0.25, 0.3) is 5.91 Å². The number of aromatic nitrogens is 2. The Hall–Kier alpha value is -2.14. The maximum Gasteiger partial charge on any atom is 0.257 e. The number of aromatic hydroxyl groups is 1. The lowest BCUT2D eigenvalue weighted by atomic mass is 10.2. The predicted octanol–water partition coefficient (Wildman–Crippen LogP) is 2.09. The molecule has 0 radical (unpaired) electrons. The molecular weight excluding hydrogens is 242 g/mol. The quantitative estimate of drug-likeness (QED) is 0.855. The van der Waals surface area contributed by atoms with Crippen LogP contribution in [0.4, 0.5) is 5.69 Å². The molecule has 2 rings (SSSR count). The first-order valence-corrected chi connectivity index (χ1v) is 5.11. The topological polar surface area (TPSA) is 75.1 Å². The second-order valence-corrected chi connectivity index (χ2v) is 3.66. The average molecular weight is 250 g/mol. The van der Waals surface area contributed by atoms with Gasteiger partial charge in [-0.2, -0.15) is 10.2 Å². The number of hydrogen-bond acceptors (Lipinski definition) is 4. The molecule has 6 heteroatoms. The zero-order valence-electron chi connectivity index (χ0n) is 8.59. The number of halogens is 1. The fourth-order valence-electron chi connectivity index (χ4n) is 1.22. The number of carbonyl (C=O) groups excluding carboxylic acids is 1. The number of nitrogens with one attached hydrogen (secondary N) is 1.